The van der Waals surface area contributed by atoms with Crippen LogP contribution < -0.4 is 10.1 Å². The molecule has 1 N–H and O–H groups in total. The van der Waals surface area contributed by atoms with Gasteiger partial charge in [-0.3, -0.25) is 4.79 Å². The number of anilines is 1. The summed E-state index contributed by atoms with van der Waals surface area (Å²) in [4.78, 5) is 28.5. The van der Waals surface area contributed by atoms with Crippen molar-refractivity contribution >= 4 is 51.9 Å². The highest BCUT2D eigenvalue weighted by Gasteiger charge is 2.28. The van der Waals surface area contributed by atoms with Crippen molar-refractivity contribution in [1.29, 1.82) is 0 Å². The van der Waals surface area contributed by atoms with Crippen molar-refractivity contribution in [3.8, 4) is 5.75 Å². The van der Waals surface area contributed by atoms with Crippen LogP contribution >= 0.6 is 22.7 Å². The number of esters is 1. The summed E-state index contributed by atoms with van der Waals surface area (Å²) in [6.45, 7) is 1.92. The Hall–Kier alpha value is -3.68. The molecule has 7 heteroatoms. The van der Waals surface area contributed by atoms with E-state index in [1.165, 1.54) is 29.8 Å². The highest BCUT2D eigenvalue weighted by molar-refractivity contribution is 7.12. The highest BCUT2D eigenvalue weighted by Crippen LogP contribution is 2.31. The minimum atomic E-state index is -1.15. The predicted octanol–water partition coefficient (Wildman–Crippen LogP) is 6.59. The van der Waals surface area contributed by atoms with Gasteiger partial charge in [-0.25, -0.2) is 4.79 Å². The Kier molecular flexibility index (Phi) is 7.57. The lowest BCUT2D eigenvalue weighted by Crippen LogP contribution is -2.26. The summed E-state index contributed by atoms with van der Waals surface area (Å²) < 4.78 is 11.2. The van der Waals surface area contributed by atoms with Crippen LogP contribution in [0.5, 0.6) is 5.75 Å². The molecular formula is C27H23NO4S2. The van der Waals surface area contributed by atoms with Crippen LogP contribution in [0, 0.1) is 6.92 Å². The molecule has 5 nitrogen and oxygen atoms in total. The third-order valence-corrected chi connectivity index (χ3v) is 6.74. The van der Waals surface area contributed by atoms with Gasteiger partial charge < -0.3 is 14.8 Å². The van der Waals surface area contributed by atoms with Crippen molar-refractivity contribution < 1.29 is 19.1 Å². The largest absolute Gasteiger partial charge is 0.495 e. The summed E-state index contributed by atoms with van der Waals surface area (Å²) in [6, 6.07) is 22.1. The Morgan fingerprint density at radius 1 is 0.941 bits per heavy atom. The van der Waals surface area contributed by atoms with E-state index >= 15 is 0 Å². The zero-order valence-electron chi connectivity index (χ0n) is 18.7. The Morgan fingerprint density at radius 2 is 1.71 bits per heavy atom. The van der Waals surface area contributed by atoms with Gasteiger partial charge in [0, 0.05) is 15.3 Å². The first kappa shape index (κ1) is 23.5. The summed E-state index contributed by atoms with van der Waals surface area (Å²) in [5.41, 5.74) is 2.45. The van der Waals surface area contributed by atoms with E-state index in [0.29, 0.717) is 22.6 Å². The van der Waals surface area contributed by atoms with Gasteiger partial charge in [-0.2, -0.15) is 0 Å². The van der Waals surface area contributed by atoms with E-state index < -0.39 is 18.0 Å². The van der Waals surface area contributed by atoms with Crippen LogP contribution in [-0.2, 0) is 14.3 Å². The summed E-state index contributed by atoms with van der Waals surface area (Å²) in [5.74, 6) is -0.518. The molecule has 172 valence electrons. The fourth-order valence-corrected chi connectivity index (χ4v) is 4.75. The molecule has 34 heavy (non-hydrogen) atoms. The van der Waals surface area contributed by atoms with Crippen molar-refractivity contribution in [3.63, 3.8) is 0 Å². The molecule has 2 heterocycles. The molecule has 2 aromatic carbocycles. The Labute approximate surface area is 206 Å². The van der Waals surface area contributed by atoms with Crippen molar-refractivity contribution in [2.24, 2.45) is 0 Å². The smallest absolute Gasteiger partial charge is 0.340 e. The molecule has 0 saturated carbocycles. The van der Waals surface area contributed by atoms with Gasteiger partial charge in [-0.15, -0.1) is 22.7 Å². The third kappa shape index (κ3) is 5.62. The number of thiophene rings is 2. The minimum Gasteiger partial charge on any atom is -0.495 e. The molecule has 0 aliphatic rings. The van der Waals surface area contributed by atoms with Crippen LogP contribution in [0.25, 0.3) is 11.6 Å². The zero-order chi connectivity index (χ0) is 23.9. The number of hydrogen-bond acceptors (Lipinski definition) is 6. The average Bonchev–Trinajstić information content (AvgIpc) is 3.56. The number of methoxy groups -OCH3 is 1. The molecule has 1 atom stereocenters. The Morgan fingerprint density at radius 3 is 2.38 bits per heavy atom. The van der Waals surface area contributed by atoms with Gasteiger partial charge in [0.1, 0.15) is 5.75 Å². The van der Waals surface area contributed by atoms with Gasteiger partial charge in [0.05, 0.1) is 18.4 Å². The number of ether oxygens (including phenoxy) is 2. The third-order valence-electron chi connectivity index (χ3n) is 5.01. The van der Waals surface area contributed by atoms with E-state index in [9.17, 15) is 9.59 Å². The molecule has 1 amide bonds. The lowest BCUT2D eigenvalue weighted by molar-refractivity contribution is -0.148. The molecular weight excluding hydrogens is 466 g/mol. The summed E-state index contributed by atoms with van der Waals surface area (Å²) in [6.07, 6.45) is 0.646. The highest BCUT2D eigenvalue weighted by atomic mass is 32.1. The number of hydrogen-bond donors (Lipinski definition) is 1. The van der Waals surface area contributed by atoms with E-state index in [0.717, 1.165) is 15.3 Å². The van der Waals surface area contributed by atoms with E-state index in [4.69, 9.17) is 9.47 Å². The van der Waals surface area contributed by atoms with Crippen molar-refractivity contribution in [3.05, 3.63) is 104 Å². The molecule has 0 spiro atoms. The normalized spacial score (nSPS) is 12.1. The molecule has 0 fully saturated rings. The lowest BCUT2D eigenvalue weighted by Gasteiger charge is -2.20. The van der Waals surface area contributed by atoms with Crippen LogP contribution in [0.1, 0.15) is 27.0 Å². The number of carbonyl (C=O) groups is 2. The zero-order valence-corrected chi connectivity index (χ0v) is 20.3. The molecule has 0 unspecified atom stereocenters. The summed E-state index contributed by atoms with van der Waals surface area (Å²) in [7, 11) is 1.54. The minimum absolute atomic E-state index is 0.402. The van der Waals surface area contributed by atoms with Crippen LogP contribution in [0.3, 0.4) is 0 Å². The van der Waals surface area contributed by atoms with Crippen LogP contribution in [0.2, 0.25) is 0 Å². The Balaban J connectivity index is 1.66. The molecule has 0 saturated heterocycles. The number of aryl methyl sites for hydroxylation is 1. The number of amides is 1. The fourth-order valence-electron chi connectivity index (χ4n) is 3.37. The molecule has 0 aliphatic carbocycles. The SMILES string of the molecule is COc1ccc(C)cc1NC(=O)[C@@H](OC(=O)/C(=C/c1cccs1)c1cccs1)c1ccccc1. The average molecular weight is 490 g/mol. The van der Waals surface area contributed by atoms with Crippen molar-refractivity contribution in [1.82, 2.24) is 0 Å². The van der Waals surface area contributed by atoms with Gasteiger partial charge >= 0.3 is 5.97 Å². The molecule has 4 rings (SSSR count). The van der Waals surface area contributed by atoms with Gasteiger partial charge in [-0.1, -0.05) is 48.5 Å². The quantitative estimate of drug-likeness (QED) is 0.224. The standard InChI is InChI=1S/C27H23NO4S2/c1-18-12-13-23(31-2)22(16-18)28-26(29)25(19-8-4-3-5-9-19)32-27(30)21(24-11-7-15-34-24)17-20-10-6-14-33-20/h3-17,25H,1-2H3,(H,28,29)/b21-17+/t25-/m0/s1. The van der Waals surface area contributed by atoms with Gasteiger partial charge in [0.25, 0.3) is 5.91 Å². The van der Waals surface area contributed by atoms with E-state index in [-0.39, 0.29) is 0 Å². The first-order valence-electron chi connectivity index (χ1n) is 10.6. The second-order valence-corrected chi connectivity index (χ2v) is 9.37. The first-order chi connectivity index (χ1) is 16.5. The van der Waals surface area contributed by atoms with Gasteiger partial charge in [0.15, 0.2) is 0 Å². The summed E-state index contributed by atoms with van der Waals surface area (Å²) >= 11 is 2.96. The maximum Gasteiger partial charge on any atom is 0.340 e. The van der Waals surface area contributed by atoms with Crippen LogP contribution in [0.4, 0.5) is 5.69 Å². The summed E-state index contributed by atoms with van der Waals surface area (Å²) in [5, 5.41) is 6.71. The monoisotopic (exact) mass is 489 g/mol. The topological polar surface area (TPSA) is 64.6 Å². The number of carbonyl (C=O) groups excluding carboxylic acids is 2. The lowest BCUT2D eigenvalue weighted by atomic mass is 10.1. The van der Waals surface area contributed by atoms with Crippen LogP contribution in [0.15, 0.2) is 83.6 Å². The molecule has 0 bridgehead atoms. The van der Waals surface area contributed by atoms with E-state index in [2.05, 4.69) is 5.32 Å². The maximum absolute atomic E-state index is 13.4. The second kappa shape index (κ2) is 11.0. The molecule has 2 aromatic heterocycles. The molecule has 0 aliphatic heterocycles. The first-order valence-corrected chi connectivity index (χ1v) is 12.3. The molecule has 0 radical (unpaired) electrons. The Bertz CT molecular complexity index is 1280. The maximum atomic E-state index is 13.4. The second-order valence-electron chi connectivity index (χ2n) is 7.44. The van der Waals surface area contributed by atoms with Crippen molar-refractivity contribution in [2.45, 2.75) is 13.0 Å². The van der Waals surface area contributed by atoms with Crippen molar-refractivity contribution in [2.75, 3.05) is 12.4 Å². The van der Waals surface area contributed by atoms with Crippen LogP contribution in [-0.4, -0.2) is 19.0 Å². The number of nitrogens with one attached hydrogen (secondary N) is 1. The fraction of sp³-hybridized carbons (Fsp3) is 0.111. The number of rotatable bonds is 8. The van der Waals surface area contributed by atoms with E-state index in [1.54, 1.807) is 36.4 Å². The number of benzene rings is 2. The van der Waals surface area contributed by atoms with Gasteiger partial charge in [-0.05, 0) is 53.6 Å². The predicted molar refractivity (Wildman–Crippen MR) is 138 cm³/mol. The van der Waals surface area contributed by atoms with E-state index in [1.807, 2.05) is 60.1 Å². The van der Waals surface area contributed by atoms with Gasteiger partial charge in [0.2, 0.25) is 6.10 Å². The molecule has 4 aromatic rings.